The fourth-order valence-corrected chi connectivity index (χ4v) is 2.76. The topological polar surface area (TPSA) is 42.8 Å². The molecule has 3 rings (SSSR count). The van der Waals surface area contributed by atoms with Crippen LogP contribution in [0.5, 0.6) is 0 Å². The molecular formula is C15H13N3S. The Kier molecular flexibility index (Phi) is 3.06. The summed E-state index contributed by atoms with van der Waals surface area (Å²) in [6.45, 7) is 1.76. The van der Waals surface area contributed by atoms with Crippen LogP contribution in [0.2, 0.25) is 0 Å². The third-order valence-electron chi connectivity index (χ3n) is 3.52. The van der Waals surface area contributed by atoms with E-state index in [-0.39, 0.29) is 0 Å². The molecule has 0 bridgehead atoms. The number of nitriles is 1. The Morgan fingerprint density at radius 1 is 1.21 bits per heavy atom. The van der Waals surface area contributed by atoms with Gasteiger partial charge in [0.1, 0.15) is 16.3 Å². The number of fused-ring (bicyclic) bond motifs is 1. The normalized spacial score (nSPS) is 13.7. The third-order valence-corrected chi connectivity index (χ3v) is 3.84. The van der Waals surface area contributed by atoms with E-state index in [1.54, 1.807) is 6.20 Å². The summed E-state index contributed by atoms with van der Waals surface area (Å²) in [4.78, 5) is 5.14. The maximum atomic E-state index is 9.26. The number of H-pyrrole nitrogens is 1. The molecule has 0 amide bonds. The minimum absolute atomic E-state index is 0.513. The SMILES string of the molecule is N#Cc1c(N2CCc3ccccc3C2)cc[nH]c1=S. The molecule has 94 valence electrons. The van der Waals surface area contributed by atoms with Gasteiger partial charge >= 0.3 is 0 Å². The lowest BCUT2D eigenvalue weighted by molar-refractivity contribution is 0.730. The van der Waals surface area contributed by atoms with Crippen molar-refractivity contribution in [3.05, 3.63) is 57.9 Å². The molecule has 1 aromatic carbocycles. The van der Waals surface area contributed by atoms with Crippen LogP contribution < -0.4 is 4.90 Å². The lowest BCUT2D eigenvalue weighted by Gasteiger charge is -2.31. The van der Waals surface area contributed by atoms with Crippen LogP contribution in [0.25, 0.3) is 0 Å². The van der Waals surface area contributed by atoms with Crippen LogP contribution in [0.4, 0.5) is 5.69 Å². The van der Waals surface area contributed by atoms with E-state index < -0.39 is 0 Å². The number of hydrogen-bond acceptors (Lipinski definition) is 3. The Bertz CT molecular complexity index is 712. The number of rotatable bonds is 1. The maximum absolute atomic E-state index is 9.26. The average molecular weight is 267 g/mol. The highest BCUT2D eigenvalue weighted by Gasteiger charge is 2.18. The first-order valence-corrected chi connectivity index (χ1v) is 6.64. The first-order valence-electron chi connectivity index (χ1n) is 6.23. The second-order valence-corrected chi connectivity index (χ2v) is 5.03. The molecule has 1 N–H and O–H groups in total. The van der Waals surface area contributed by atoms with E-state index in [1.807, 2.05) is 6.07 Å². The molecule has 1 aliphatic heterocycles. The highest BCUT2D eigenvalue weighted by Crippen LogP contribution is 2.26. The van der Waals surface area contributed by atoms with Crippen molar-refractivity contribution in [2.24, 2.45) is 0 Å². The Labute approximate surface area is 117 Å². The molecule has 0 spiro atoms. The fourth-order valence-electron chi connectivity index (χ4n) is 2.54. The predicted molar refractivity (Wildman–Crippen MR) is 77.5 cm³/mol. The molecular weight excluding hydrogens is 254 g/mol. The molecule has 0 atom stereocenters. The van der Waals surface area contributed by atoms with Gasteiger partial charge in [-0.2, -0.15) is 5.26 Å². The first kappa shape index (κ1) is 11.9. The summed E-state index contributed by atoms with van der Waals surface area (Å²) in [5, 5.41) is 9.26. The van der Waals surface area contributed by atoms with Gasteiger partial charge in [-0.15, -0.1) is 0 Å². The number of aromatic nitrogens is 1. The van der Waals surface area contributed by atoms with Crippen LogP contribution in [0, 0.1) is 16.0 Å². The smallest absolute Gasteiger partial charge is 0.123 e. The fraction of sp³-hybridized carbons (Fsp3) is 0.200. The Hall–Kier alpha value is -2.12. The number of aromatic amines is 1. The average Bonchev–Trinajstić information content (AvgIpc) is 2.46. The zero-order chi connectivity index (χ0) is 13.2. The van der Waals surface area contributed by atoms with Gasteiger partial charge in [-0.1, -0.05) is 36.5 Å². The molecule has 0 fully saturated rings. The molecule has 4 heteroatoms. The van der Waals surface area contributed by atoms with E-state index in [2.05, 4.69) is 40.2 Å². The Balaban J connectivity index is 2.01. The molecule has 0 unspecified atom stereocenters. The van der Waals surface area contributed by atoms with E-state index >= 15 is 0 Å². The van der Waals surface area contributed by atoms with Crippen molar-refractivity contribution in [3.8, 4) is 6.07 Å². The zero-order valence-corrected chi connectivity index (χ0v) is 11.2. The predicted octanol–water partition coefficient (Wildman–Crippen LogP) is 3.18. The summed E-state index contributed by atoms with van der Waals surface area (Å²) in [5.41, 5.74) is 4.23. The number of anilines is 1. The van der Waals surface area contributed by atoms with Crippen LogP contribution in [0.1, 0.15) is 16.7 Å². The van der Waals surface area contributed by atoms with Gasteiger partial charge in [0.25, 0.3) is 0 Å². The number of nitrogens with zero attached hydrogens (tertiary/aromatic N) is 2. The third kappa shape index (κ3) is 2.13. The van der Waals surface area contributed by atoms with Crippen LogP contribution in [-0.2, 0) is 13.0 Å². The molecule has 19 heavy (non-hydrogen) atoms. The zero-order valence-electron chi connectivity index (χ0n) is 10.4. The molecule has 3 nitrogen and oxygen atoms in total. The van der Waals surface area contributed by atoms with Crippen molar-refractivity contribution in [2.75, 3.05) is 11.4 Å². The van der Waals surface area contributed by atoms with E-state index in [0.29, 0.717) is 10.2 Å². The van der Waals surface area contributed by atoms with Gasteiger partial charge in [-0.25, -0.2) is 0 Å². The van der Waals surface area contributed by atoms with Gasteiger partial charge < -0.3 is 9.88 Å². The molecule has 2 heterocycles. The largest absolute Gasteiger partial charge is 0.366 e. The quantitative estimate of drug-likeness (QED) is 0.807. The Morgan fingerprint density at radius 2 is 2.00 bits per heavy atom. The van der Waals surface area contributed by atoms with Crippen molar-refractivity contribution < 1.29 is 0 Å². The number of nitrogens with one attached hydrogen (secondary N) is 1. The van der Waals surface area contributed by atoms with Crippen LogP contribution >= 0.6 is 12.2 Å². The Morgan fingerprint density at radius 3 is 2.79 bits per heavy atom. The number of hydrogen-bond donors (Lipinski definition) is 1. The summed E-state index contributed by atoms with van der Waals surface area (Å²) in [7, 11) is 0. The highest BCUT2D eigenvalue weighted by atomic mass is 32.1. The molecule has 0 aliphatic carbocycles. The van der Waals surface area contributed by atoms with Crippen LogP contribution in [-0.4, -0.2) is 11.5 Å². The van der Waals surface area contributed by atoms with Gasteiger partial charge in [0, 0.05) is 19.3 Å². The summed E-state index contributed by atoms with van der Waals surface area (Å²) in [5.74, 6) is 0. The molecule has 2 aromatic rings. The van der Waals surface area contributed by atoms with Gasteiger partial charge in [-0.3, -0.25) is 0 Å². The lowest BCUT2D eigenvalue weighted by atomic mass is 9.99. The van der Waals surface area contributed by atoms with Gasteiger partial charge in [0.2, 0.25) is 0 Å². The summed E-state index contributed by atoms with van der Waals surface area (Å²) in [6.07, 6.45) is 2.81. The van der Waals surface area contributed by atoms with Gasteiger partial charge in [0.15, 0.2) is 0 Å². The molecule has 0 radical (unpaired) electrons. The lowest BCUT2D eigenvalue weighted by Crippen LogP contribution is -2.30. The van der Waals surface area contributed by atoms with E-state index in [4.69, 9.17) is 12.2 Å². The van der Waals surface area contributed by atoms with Crippen molar-refractivity contribution in [2.45, 2.75) is 13.0 Å². The number of benzene rings is 1. The summed E-state index contributed by atoms with van der Waals surface area (Å²) in [6, 6.07) is 12.6. The van der Waals surface area contributed by atoms with Crippen LogP contribution in [0.3, 0.4) is 0 Å². The minimum Gasteiger partial charge on any atom is -0.366 e. The summed E-state index contributed by atoms with van der Waals surface area (Å²) >= 11 is 5.18. The van der Waals surface area contributed by atoms with Crippen molar-refractivity contribution in [1.82, 2.24) is 4.98 Å². The standard InChI is InChI=1S/C15H13N3S/c16-9-13-14(5-7-17-15(13)19)18-8-6-11-3-1-2-4-12(11)10-18/h1-5,7H,6,8,10H2,(H,17,19). The number of pyridine rings is 1. The van der Waals surface area contributed by atoms with Crippen molar-refractivity contribution in [3.63, 3.8) is 0 Å². The van der Waals surface area contributed by atoms with E-state index in [0.717, 1.165) is 25.2 Å². The molecule has 1 aromatic heterocycles. The minimum atomic E-state index is 0.513. The highest BCUT2D eigenvalue weighted by molar-refractivity contribution is 7.71. The molecule has 1 aliphatic rings. The first-order chi connectivity index (χ1) is 9.29. The second kappa shape index (κ2) is 4.87. The maximum Gasteiger partial charge on any atom is 0.123 e. The van der Waals surface area contributed by atoms with Gasteiger partial charge in [-0.05, 0) is 23.6 Å². The van der Waals surface area contributed by atoms with Gasteiger partial charge in [0.05, 0.1) is 5.69 Å². The summed E-state index contributed by atoms with van der Waals surface area (Å²) < 4.78 is 0.513. The van der Waals surface area contributed by atoms with Crippen molar-refractivity contribution >= 4 is 17.9 Å². The monoisotopic (exact) mass is 267 g/mol. The second-order valence-electron chi connectivity index (χ2n) is 4.62. The van der Waals surface area contributed by atoms with Crippen molar-refractivity contribution in [1.29, 1.82) is 5.26 Å². The molecule has 0 saturated carbocycles. The van der Waals surface area contributed by atoms with E-state index in [1.165, 1.54) is 11.1 Å². The van der Waals surface area contributed by atoms with E-state index in [9.17, 15) is 5.26 Å². The molecule has 0 saturated heterocycles. The van der Waals surface area contributed by atoms with Crippen LogP contribution in [0.15, 0.2) is 36.5 Å².